The van der Waals surface area contributed by atoms with Crippen molar-refractivity contribution in [3.8, 4) is 11.5 Å². The van der Waals surface area contributed by atoms with Crippen LogP contribution in [0.2, 0.25) is 0 Å². The average molecular weight is 341 g/mol. The number of carbonyl (C=O) groups excluding carboxylic acids is 1. The van der Waals surface area contributed by atoms with Crippen LogP contribution in [0.5, 0.6) is 11.5 Å². The Kier molecular flexibility index (Phi) is 8.26. The summed E-state index contributed by atoms with van der Waals surface area (Å²) in [5.41, 5.74) is -0.426. The third-order valence-corrected chi connectivity index (χ3v) is 3.89. The van der Waals surface area contributed by atoms with Crippen molar-refractivity contribution in [2.24, 2.45) is 0 Å². The molecule has 0 aliphatic rings. The van der Waals surface area contributed by atoms with Gasteiger partial charge in [-0.1, -0.05) is 0 Å². The molecule has 2 N–H and O–H groups in total. The number of rotatable bonds is 10. The highest BCUT2D eigenvalue weighted by Crippen LogP contribution is 2.28. The molecule has 23 heavy (non-hydrogen) atoms. The van der Waals surface area contributed by atoms with Crippen LogP contribution in [0.3, 0.4) is 0 Å². The van der Waals surface area contributed by atoms with Crippen molar-refractivity contribution in [3.63, 3.8) is 0 Å². The van der Waals surface area contributed by atoms with Gasteiger partial charge in [-0.2, -0.15) is 11.8 Å². The summed E-state index contributed by atoms with van der Waals surface area (Å²) < 4.78 is 11.0. The maximum absolute atomic E-state index is 12.3. The molecule has 0 radical (unpaired) electrons. The zero-order valence-corrected chi connectivity index (χ0v) is 15.2. The van der Waals surface area contributed by atoms with Crippen LogP contribution in [0.4, 0.5) is 0 Å². The van der Waals surface area contributed by atoms with Crippen LogP contribution in [0.25, 0.3) is 0 Å². The number of aliphatic hydroxyl groups is 1. The fraction of sp³-hybridized carbons (Fsp3) is 0.588. The summed E-state index contributed by atoms with van der Waals surface area (Å²) in [7, 11) is 0. The predicted molar refractivity (Wildman–Crippen MR) is 94.7 cm³/mol. The average Bonchev–Trinajstić information content (AvgIpc) is 2.53. The largest absolute Gasteiger partial charge is 0.490 e. The molecular weight excluding hydrogens is 314 g/mol. The fourth-order valence-corrected chi connectivity index (χ4v) is 2.62. The molecule has 0 saturated heterocycles. The van der Waals surface area contributed by atoms with Gasteiger partial charge in [-0.15, -0.1) is 0 Å². The van der Waals surface area contributed by atoms with Gasteiger partial charge in [0.25, 0.3) is 5.91 Å². The zero-order chi connectivity index (χ0) is 17.3. The van der Waals surface area contributed by atoms with E-state index < -0.39 is 5.60 Å². The first-order valence-corrected chi connectivity index (χ1v) is 9.22. The molecule has 5 nitrogen and oxygen atoms in total. The lowest BCUT2D eigenvalue weighted by molar-refractivity contribution is 0.0528. The summed E-state index contributed by atoms with van der Waals surface area (Å²) in [6.45, 7) is 6.74. The second-order valence-electron chi connectivity index (χ2n) is 5.45. The number of ether oxygens (including phenoxy) is 2. The Morgan fingerprint density at radius 1 is 1.26 bits per heavy atom. The molecule has 0 bridgehead atoms. The van der Waals surface area contributed by atoms with Crippen LogP contribution in [-0.4, -0.2) is 48.4 Å². The fourth-order valence-electron chi connectivity index (χ4n) is 1.98. The van der Waals surface area contributed by atoms with Gasteiger partial charge in [-0.25, -0.2) is 0 Å². The molecular formula is C17H27NO4S. The lowest BCUT2D eigenvalue weighted by Gasteiger charge is -2.23. The van der Waals surface area contributed by atoms with Gasteiger partial charge in [0.2, 0.25) is 0 Å². The summed E-state index contributed by atoms with van der Waals surface area (Å²) in [5, 5.41) is 13.0. The van der Waals surface area contributed by atoms with E-state index in [0.29, 0.717) is 36.7 Å². The Bertz CT molecular complexity index is 505. The number of hydrogen-bond acceptors (Lipinski definition) is 5. The van der Waals surface area contributed by atoms with E-state index in [1.165, 1.54) is 0 Å². The lowest BCUT2D eigenvalue weighted by atomic mass is 10.0. The highest BCUT2D eigenvalue weighted by atomic mass is 32.2. The van der Waals surface area contributed by atoms with Crippen molar-refractivity contribution in [2.75, 3.05) is 31.8 Å². The minimum Gasteiger partial charge on any atom is -0.490 e. The Hall–Kier alpha value is -1.40. The number of amides is 1. The Labute approximate surface area is 142 Å². The molecule has 0 aliphatic heterocycles. The molecule has 0 spiro atoms. The molecule has 0 aromatic heterocycles. The van der Waals surface area contributed by atoms with Crippen LogP contribution >= 0.6 is 11.8 Å². The highest BCUT2D eigenvalue weighted by Gasteiger charge is 2.21. The van der Waals surface area contributed by atoms with Crippen molar-refractivity contribution in [1.29, 1.82) is 0 Å². The van der Waals surface area contributed by atoms with Gasteiger partial charge in [0, 0.05) is 12.1 Å². The molecule has 0 aliphatic carbocycles. The summed E-state index contributed by atoms with van der Waals surface area (Å²) in [5.74, 6) is 1.79. The van der Waals surface area contributed by atoms with Crippen LogP contribution < -0.4 is 14.8 Å². The van der Waals surface area contributed by atoms with E-state index in [0.717, 1.165) is 5.75 Å². The summed E-state index contributed by atoms with van der Waals surface area (Å²) in [6.07, 6.45) is 2.62. The molecule has 0 saturated carbocycles. The topological polar surface area (TPSA) is 67.8 Å². The molecule has 1 atom stereocenters. The van der Waals surface area contributed by atoms with E-state index in [9.17, 15) is 9.90 Å². The third-order valence-electron chi connectivity index (χ3n) is 3.28. The first kappa shape index (κ1) is 19.6. The molecule has 1 rings (SSSR count). The molecule has 0 fully saturated rings. The normalized spacial score (nSPS) is 13.3. The van der Waals surface area contributed by atoms with E-state index in [1.807, 2.05) is 20.1 Å². The smallest absolute Gasteiger partial charge is 0.251 e. The Morgan fingerprint density at radius 3 is 2.52 bits per heavy atom. The van der Waals surface area contributed by atoms with Crippen LogP contribution in [-0.2, 0) is 0 Å². The molecule has 1 aromatic carbocycles. The van der Waals surface area contributed by atoms with Crippen molar-refractivity contribution in [3.05, 3.63) is 23.8 Å². The van der Waals surface area contributed by atoms with Crippen molar-refractivity contribution < 1.29 is 19.4 Å². The number of nitrogens with one attached hydrogen (secondary N) is 1. The summed E-state index contributed by atoms with van der Waals surface area (Å²) in [4.78, 5) is 12.3. The molecule has 1 unspecified atom stereocenters. The van der Waals surface area contributed by atoms with Crippen LogP contribution in [0.15, 0.2) is 18.2 Å². The van der Waals surface area contributed by atoms with Gasteiger partial charge in [-0.05, 0) is 57.4 Å². The lowest BCUT2D eigenvalue weighted by Crippen LogP contribution is -2.41. The van der Waals surface area contributed by atoms with Crippen molar-refractivity contribution in [1.82, 2.24) is 5.32 Å². The first-order valence-electron chi connectivity index (χ1n) is 7.82. The third kappa shape index (κ3) is 6.71. The molecule has 6 heteroatoms. The van der Waals surface area contributed by atoms with E-state index in [2.05, 4.69) is 5.32 Å². The summed E-state index contributed by atoms with van der Waals surface area (Å²) >= 11 is 1.67. The second-order valence-corrected chi connectivity index (χ2v) is 6.44. The van der Waals surface area contributed by atoms with E-state index >= 15 is 0 Å². The van der Waals surface area contributed by atoms with Crippen LogP contribution in [0, 0.1) is 0 Å². The number of thioether (sulfide) groups is 1. The number of carbonyl (C=O) groups is 1. The second kappa shape index (κ2) is 9.67. The van der Waals surface area contributed by atoms with Gasteiger partial charge in [0.05, 0.1) is 18.8 Å². The quantitative estimate of drug-likeness (QED) is 0.685. The molecule has 0 heterocycles. The summed E-state index contributed by atoms with van der Waals surface area (Å²) in [6, 6.07) is 5.09. The Morgan fingerprint density at radius 2 is 1.91 bits per heavy atom. The van der Waals surface area contributed by atoms with E-state index in [4.69, 9.17) is 9.47 Å². The van der Waals surface area contributed by atoms with E-state index in [-0.39, 0.29) is 12.5 Å². The Balaban J connectivity index is 2.74. The standard InChI is InChI=1S/C17H27NO4S/c1-5-21-14-8-7-13(11-15(14)22-6-2)16(19)18-12-17(3,20)9-10-23-4/h7-8,11,20H,5-6,9-10,12H2,1-4H3,(H,18,19). The van der Waals surface area contributed by atoms with Crippen molar-refractivity contribution in [2.45, 2.75) is 32.8 Å². The van der Waals surface area contributed by atoms with Crippen LogP contribution in [0.1, 0.15) is 37.6 Å². The molecule has 1 amide bonds. The molecule has 1 aromatic rings. The van der Waals surface area contributed by atoms with Gasteiger partial charge < -0.3 is 19.9 Å². The van der Waals surface area contributed by atoms with Gasteiger partial charge >= 0.3 is 0 Å². The maximum Gasteiger partial charge on any atom is 0.251 e. The zero-order valence-electron chi connectivity index (χ0n) is 14.3. The monoisotopic (exact) mass is 341 g/mol. The predicted octanol–water partition coefficient (Wildman–Crippen LogP) is 2.72. The van der Waals surface area contributed by atoms with Gasteiger partial charge in [0.1, 0.15) is 0 Å². The van der Waals surface area contributed by atoms with Gasteiger partial charge in [0.15, 0.2) is 11.5 Å². The van der Waals surface area contributed by atoms with Gasteiger partial charge in [-0.3, -0.25) is 4.79 Å². The maximum atomic E-state index is 12.3. The SMILES string of the molecule is CCOc1ccc(C(=O)NCC(C)(O)CCSC)cc1OCC. The van der Waals surface area contributed by atoms with E-state index in [1.54, 1.807) is 36.9 Å². The highest BCUT2D eigenvalue weighted by molar-refractivity contribution is 7.98. The minimum absolute atomic E-state index is 0.212. The number of benzene rings is 1. The number of hydrogen-bond donors (Lipinski definition) is 2. The minimum atomic E-state index is -0.910. The van der Waals surface area contributed by atoms with Crippen molar-refractivity contribution >= 4 is 17.7 Å². The first-order chi connectivity index (χ1) is 10.9. The molecule has 130 valence electrons.